The maximum atomic E-state index is 12.4. The molecule has 1 N–H and O–H groups in total. The van der Waals surface area contributed by atoms with E-state index in [0.29, 0.717) is 18.7 Å². The van der Waals surface area contributed by atoms with Crippen molar-refractivity contribution in [2.24, 2.45) is 0 Å². The Morgan fingerprint density at radius 2 is 2.28 bits per heavy atom. The van der Waals surface area contributed by atoms with Gasteiger partial charge < -0.3 is 4.74 Å². The lowest BCUT2D eigenvalue weighted by Gasteiger charge is -2.36. The minimum atomic E-state index is -0.456. The van der Waals surface area contributed by atoms with Crippen molar-refractivity contribution >= 4 is 5.97 Å². The summed E-state index contributed by atoms with van der Waals surface area (Å²) >= 11 is 0. The van der Waals surface area contributed by atoms with Gasteiger partial charge in [0.05, 0.1) is 6.61 Å². The predicted octanol–water partition coefficient (Wildman–Crippen LogP) is 1.54. The van der Waals surface area contributed by atoms with Gasteiger partial charge in [-0.2, -0.15) is 0 Å². The second kappa shape index (κ2) is 5.57. The largest absolute Gasteiger partial charge is 0.465 e. The maximum Gasteiger partial charge on any atom is 0.328 e. The molecule has 0 bridgehead atoms. The second-order valence-electron chi connectivity index (χ2n) is 5.59. The van der Waals surface area contributed by atoms with E-state index in [1.807, 2.05) is 6.92 Å². The zero-order valence-electron chi connectivity index (χ0n) is 11.9. The van der Waals surface area contributed by atoms with Crippen molar-refractivity contribution in [3.63, 3.8) is 0 Å². The van der Waals surface area contributed by atoms with Crippen LogP contribution in [0.1, 0.15) is 46.5 Å². The summed E-state index contributed by atoms with van der Waals surface area (Å²) < 4.78 is 5.35. The second-order valence-corrected chi connectivity index (χ2v) is 5.59. The minimum Gasteiger partial charge on any atom is -0.465 e. The van der Waals surface area contributed by atoms with E-state index in [9.17, 15) is 4.79 Å². The summed E-state index contributed by atoms with van der Waals surface area (Å²) in [6.07, 6.45) is 4.24. The number of esters is 1. The van der Waals surface area contributed by atoms with Gasteiger partial charge in [0.25, 0.3) is 0 Å². The molecule has 0 aromatic heterocycles. The molecule has 104 valence electrons. The van der Waals surface area contributed by atoms with Crippen molar-refractivity contribution in [1.82, 2.24) is 10.2 Å². The Labute approximate surface area is 110 Å². The molecule has 4 nitrogen and oxygen atoms in total. The van der Waals surface area contributed by atoms with Crippen LogP contribution in [0.3, 0.4) is 0 Å². The minimum absolute atomic E-state index is 0.0419. The van der Waals surface area contributed by atoms with Crippen molar-refractivity contribution in [3.8, 4) is 0 Å². The van der Waals surface area contributed by atoms with Crippen LogP contribution >= 0.6 is 0 Å². The van der Waals surface area contributed by atoms with Crippen LogP contribution in [0.2, 0.25) is 0 Å². The third-order valence-corrected chi connectivity index (χ3v) is 4.48. The van der Waals surface area contributed by atoms with Gasteiger partial charge in [0, 0.05) is 18.6 Å². The Morgan fingerprint density at radius 3 is 2.94 bits per heavy atom. The lowest BCUT2D eigenvalue weighted by molar-refractivity contribution is -0.152. The molecule has 0 saturated carbocycles. The Bertz CT molecular complexity index is 308. The van der Waals surface area contributed by atoms with Crippen LogP contribution < -0.4 is 5.32 Å². The topological polar surface area (TPSA) is 41.6 Å². The van der Waals surface area contributed by atoms with Gasteiger partial charge in [-0.15, -0.1) is 0 Å². The van der Waals surface area contributed by atoms with E-state index in [-0.39, 0.29) is 5.97 Å². The fraction of sp³-hybridized carbons (Fsp3) is 0.929. The number of rotatable bonds is 5. The number of carbonyl (C=O) groups is 1. The van der Waals surface area contributed by atoms with Gasteiger partial charge in [-0.05, 0) is 46.1 Å². The van der Waals surface area contributed by atoms with Gasteiger partial charge in [-0.3, -0.25) is 10.2 Å². The van der Waals surface area contributed by atoms with Crippen LogP contribution in [0.25, 0.3) is 0 Å². The molecule has 0 aromatic carbocycles. The van der Waals surface area contributed by atoms with Crippen molar-refractivity contribution < 1.29 is 9.53 Å². The van der Waals surface area contributed by atoms with Crippen molar-refractivity contribution in [2.75, 3.05) is 19.7 Å². The van der Waals surface area contributed by atoms with Crippen LogP contribution in [-0.4, -0.2) is 48.2 Å². The standard InChI is InChI=1S/C14H26N2O2/c1-4-11(3)15-14(13(17)18-5-2)8-10-16-9-6-7-12(14)16/h11-12,15H,4-10H2,1-3H3. The first-order valence-corrected chi connectivity index (χ1v) is 7.33. The van der Waals surface area contributed by atoms with Crippen molar-refractivity contribution in [1.29, 1.82) is 0 Å². The summed E-state index contributed by atoms with van der Waals surface area (Å²) in [4.78, 5) is 14.9. The summed E-state index contributed by atoms with van der Waals surface area (Å²) in [6, 6.07) is 0.695. The monoisotopic (exact) mass is 254 g/mol. The molecule has 2 aliphatic rings. The molecule has 0 spiro atoms. The van der Waals surface area contributed by atoms with Crippen LogP contribution in [0.4, 0.5) is 0 Å². The normalized spacial score (nSPS) is 33.4. The SMILES string of the molecule is CCOC(=O)C1(NC(C)CC)CCN2CCCC21. The first-order chi connectivity index (χ1) is 8.64. The Morgan fingerprint density at radius 1 is 1.50 bits per heavy atom. The van der Waals surface area contributed by atoms with Crippen LogP contribution in [0.15, 0.2) is 0 Å². The molecule has 0 amide bonds. The molecule has 18 heavy (non-hydrogen) atoms. The number of carbonyl (C=O) groups excluding carboxylic acids is 1. The fourth-order valence-corrected chi connectivity index (χ4v) is 3.41. The number of hydrogen-bond donors (Lipinski definition) is 1. The average Bonchev–Trinajstić information content (AvgIpc) is 2.93. The number of fused-ring (bicyclic) bond motifs is 1. The molecule has 2 rings (SSSR count). The first kappa shape index (κ1) is 13.8. The molecule has 0 aliphatic carbocycles. The third kappa shape index (κ3) is 2.28. The number of nitrogens with one attached hydrogen (secondary N) is 1. The van der Waals surface area contributed by atoms with Gasteiger partial charge in [0.1, 0.15) is 5.54 Å². The number of nitrogens with zero attached hydrogens (tertiary/aromatic N) is 1. The van der Waals surface area contributed by atoms with E-state index in [4.69, 9.17) is 4.74 Å². The van der Waals surface area contributed by atoms with E-state index in [0.717, 1.165) is 32.4 Å². The van der Waals surface area contributed by atoms with Crippen molar-refractivity contribution in [2.45, 2.75) is 64.1 Å². The summed E-state index contributed by atoms with van der Waals surface area (Å²) in [5.41, 5.74) is -0.456. The summed E-state index contributed by atoms with van der Waals surface area (Å²) in [7, 11) is 0. The highest BCUT2D eigenvalue weighted by molar-refractivity contribution is 5.82. The molecule has 2 saturated heterocycles. The van der Waals surface area contributed by atoms with Gasteiger partial charge in [-0.1, -0.05) is 6.92 Å². The van der Waals surface area contributed by atoms with Gasteiger partial charge in [-0.25, -0.2) is 4.79 Å². The fourth-order valence-electron chi connectivity index (χ4n) is 3.41. The van der Waals surface area contributed by atoms with Gasteiger partial charge in [0.2, 0.25) is 0 Å². The average molecular weight is 254 g/mol. The highest BCUT2D eigenvalue weighted by Crippen LogP contribution is 2.37. The van der Waals surface area contributed by atoms with Crippen molar-refractivity contribution in [3.05, 3.63) is 0 Å². The van der Waals surface area contributed by atoms with Crippen LogP contribution in [0.5, 0.6) is 0 Å². The lowest BCUT2D eigenvalue weighted by Crippen LogP contribution is -2.61. The highest BCUT2D eigenvalue weighted by atomic mass is 16.5. The Kier molecular flexibility index (Phi) is 4.28. The number of ether oxygens (including phenoxy) is 1. The molecule has 0 aromatic rings. The molecule has 3 unspecified atom stereocenters. The van der Waals surface area contributed by atoms with Gasteiger partial charge >= 0.3 is 5.97 Å². The van der Waals surface area contributed by atoms with Gasteiger partial charge in [0.15, 0.2) is 0 Å². The smallest absolute Gasteiger partial charge is 0.328 e. The third-order valence-electron chi connectivity index (χ3n) is 4.48. The van der Waals surface area contributed by atoms with E-state index in [2.05, 4.69) is 24.1 Å². The van der Waals surface area contributed by atoms with E-state index in [1.165, 1.54) is 6.42 Å². The highest BCUT2D eigenvalue weighted by Gasteiger charge is 2.55. The van der Waals surface area contributed by atoms with Crippen LogP contribution in [-0.2, 0) is 9.53 Å². The maximum absolute atomic E-state index is 12.4. The van der Waals surface area contributed by atoms with E-state index in [1.54, 1.807) is 0 Å². The molecular weight excluding hydrogens is 228 g/mol. The molecule has 4 heteroatoms. The molecule has 3 atom stereocenters. The zero-order chi connectivity index (χ0) is 13.2. The molecule has 2 fully saturated rings. The van der Waals surface area contributed by atoms with Crippen LogP contribution in [0, 0.1) is 0 Å². The predicted molar refractivity (Wildman–Crippen MR) is 71.5 cm³/mol. The quantitative estimate of drug-likeness (QED) is 0.756. The van der Waals surface area contributed by atoms with E-state index >= 15 is 0 Å². The molecule has 0 radical (unpaired) electrons. The summed E-state index contributed by atoms with van der Waals surface area (Å²) in [5.74, 6) is -0.0419. The molecule has 2 aliphatic heterocycles. The Hall–Kier alpha value is -0.610. The summed E-state index contributed by atoms with van der Waals surface area (Å²) in [5, 5.41) is 3.58. The first-order valence-electron chi connectivity index (χ1n) is 7.33. The Balaban J connectivity index is 2.19. The lowest BCUT2D eigenvalue weighted by atomic mass is 9.87. The summed E-state index contributed by atoms with van der Waals surface area (Å²) in [6.45, 7) is 8.81. The number of hydrogen-bond acceptors (Lipinski definition) is 4. The zero-order valence-corrected chi connectivity index (χ0v) is 11.9. The molecule has 2 heterocycles. The van der Waals surface area contributed by atoms with E-state index < -0.39 is 5.54 Å². The molecular formula is C14H26N2O2.